The first-order valence-electron chi connectivity index (χ1n) is 10.8. The lowest BCUT2D eigenvalue weighted by Crippen LogP contribution is -2.18. The third-order valence-corrected chi connectivity index (χ3v) is 6.24. The summed E-state index contributed by atoms with van der Waals surface area (Å²) in [5.41, 5.74) is 3.21. The number of aliphatic hydroxyl groups excluding tert-OH is 1. The number of pyridine rings is 1. The second kappa shape index (κ2) is 9.35. The van der Waals surface area contributed by atoms with Gasteiger partial charge in [0.1, 0.15) is 23.9 Å². The molecule has 2 atom stereocenters. The van der Waals surface area contributed by atoms with Crippen LogP contribution in [0.1, 0.15) is 52.6 Å². The molecular formula is C27H26F2N2O3. The number of aromatic nitrogens is 2. The quantitative estimate of drug-likeness (QED) is 0.388. The van der Waals surface area contributed by atoms with Gasteiger partial charge < -0.3 is 9.84 Å². The van der Waals surface area contributed by atoms with E-state index >= 15 is 0 Å². The van der Waals surface area contributed by atoms with Crippen molar-refractivity contribution in [2.24, 2.45) is 0 Å². The number of aryl methyl sites for hydroxylation is 1. The molecule has 2 aromatic heterocycles. The summed E-state index contributed by atoms with van der Waals surface area (Å²) < 4.78 is 35.3. The summed E-state index contributed by atoms with van der Waals surface area (Å²) in [5, 5.41) is 10.6. The van der Waals surface area contributed by atoms with E-state index in [9.17, 15) is 18.7 Å². The van der Waals surface area contributed by atoms with Crippen LogP contribution in [-0.2, 0) is 13.0 Å². The molecule has 5 rings (SSSR count). The van der Waals surface area contributed by atoms with E-state index in [1.54, 1.807) is 29.7 Å². The Morgan fingerprint density at radius 1 is 1.12 bits per heavy atom. The van der Waals surface area contributed by atoms with E-state index in [0.717, 1.165) is 11.1 Å². The molecule has 0 aliphatic heterocycles. The van der Waals surface area contributed by atoms with Crippen LogP contribution in [0.4, 0.5) is 8.78 Å². The molecule has 0 radical (unpaired) electrons. The standard InChI is InChI=1S/C26H22F2N2O3.CH4/c1-15-25(23(32)13-18-17-7-3-2-6-16(17)12-22(18)31)30-11-5-10-24(26(30)29-15)33-14-19-20(27)8-4-9-21(19)28;/h2-11,18,22,31H,12-14H2,1H3;1H4/t18-,22+;/m0./s1. The average Bonchev–Trinajstić information content (AvgIpc) is 3.29. The first-order valence-corrected chi connectivity index (χ1v) is 10.8. The zero-order chi connectivity index (χ0) is 23.1. The number of nitrogens with zero attached hydrogens (tertiary/aromatic N) is 2. The lowest BCUT2D eigenvalue weighted by molar-refractivity contribution is 0.0915. The molecule has 34 heavy (non-hydrogen) atoms. The van der Waals surface area contributed by atoms with Crippen molar-refractivity contribution >= 4 is 11.4 Å². The summed E-state index contributed by atoms with van der Waals surface area (Å²) in [6.45, 7) is 1.43. The number of hydrogen-bond donors (Lipinski definition) is 1. The second-order valence-corrected chi connectivity index (χ2v) is 8.30. The van der Waals surface area contributed by atoms with Gasteiger partial charge in [-0.15, -0.1) is 0 Å². The number of rotatable bonds is 6. The summed E-state index contributed by atoms with van der Waals surface area (Å²) in [7, 11) is 0. The minimum absolute atomic E-state index is 0. The van der Waals surface area contributed by atoms with Crippen LogP contribution in [0, 0.1) is 18.6 Å². The van der Waals surface area contributed by atoms with Crippen LogP contribution in [0.25, 0.3) is 5.65 Å². The molecule has 0 saturated heterocycles. The van der Waals surface area contributed by atoms with Crippen molar-refractivity contribution in [2.75, 3.05) is 0 Å². The highest BCUT2D eigenvalue weighted by Gasteiger charge is 2.33. The van der Waals surface area contributed by atoms with Crippen molar-refractivity contribution in [3.05, 3.63) is 101 Å². The molecule has 1 aliphatic rings. The van der Waals surface area contributed by atoms with Crippen LogP contribution in [0.2, 0.25) is 0 Å². The van der Waals surface area contributed by atoms with Gasteiger partial charge in [-0.2, -0.15) is 0 Å². The maximum absolute atomic E-state index is 14.0. The van der Waals surface area contributed by atoms with Gasteiger partial charge in [0.05, 0.1) is 17.4 Å². The highest BCUT2D eigenvalue weighted by atomic mass is 19.1. The Balaban J connectivity index is 0.00000274. The molecule has 0 saturated carbocycles. The van der Waals surface area contributed by atoms with Crippen LogP contribution >= 0.6 is 0 Å². The number of benzene rings is 2. The molecule has 2 heterocycles. The third kappa shape index (κ3) is 4.07. The van der Waals surface area contributed by atoms with Crippen molar-refractivity contribution in [3.8, 4) is 5.75 Å². The minimum Gasteiger partial charge on any atom is -0.485 e. The van der Waals surface area contributed by atoms with Gasteiger partial charge in [0.15, 0.2) is 17.2 Å². The Kier molecular flexibility index (Phi) is 6.48. The Morgan fingerprint density at radius 2 is 1.85 bits per heavy atom. The van der Waals surface area contributed by atoms with Crippen LogP contribution in [0.15, 0.2) is 60.8 Å². The smallest absolute Gasteiger partial charge is 0.182 e. The van der Waals surface area contributed by atoms with E-state index in [2.05, 4.69) is 4.98 Å². The van der Waals surface area contributed by atoms with Crippen molar-refractivity contribution in [1.29, 1.82) is 0 Å². The second-order valence-electron chi connectivity index (χ2n) is 8.30. The van der Waals surface area contributed by atoms with Crippen LogP contribution in [0.3, 0.4) is 0 Å². The summed E-state index contributed by atoms with van der Waals surface area (Å²) >= 11 is 0. The van der Waals surface area contributed by atoms with Crippen molar-refractivity contribution in [3.63, 3.8) is 0 Å². The predicted octanol–water partition coefficient (Wildman–Crippen LogP) is 5.41. The number of hydrogen-bond acceptors (Lipinski definition) is 4. The summed E-state index contributed by atoms with van der Waals surface area (Å²) in [6.07, 6.45) is 1.78. The first kappa shape index (κ1) is 23.6. The fraction of sp³-hybridized carbons (Fsp3) is 0.259. The monoisotopic (exact) mass is 464 g/mol. The van der Waals surface area contributed by atoms with Crippen molar-refractivity contribution < 1.29 is 23.4 Å². The van der Waals surface area contributed by atoms with Gasteiger partial charge in [0.2, 0.25) is 0 Å². The van der Waals surface area contributed by atoms with Crippen molar-refractivity contribution in [1.82, 2.24) is 9.38 Å². The highest BCUT2D eigenvalue weighted by Crippen LogP contribution is 2.37. The third-order valence-electron chi connectivity index (χ3n) is 6.24. The Hall–Kier alpha value is -3.58. The molecule has 176 valence electrons. The number of imidazole rings is 1. The summed E-state index contributed by atoms with van der Waals surface area (Å²) in [4.78, 5) is 17.8. The highest BCUT2D eigenvalue weighted by molar-refractivity contribution is 5.97. The molecule has 7 heteroatoms. The minimum atomic E-state index is -0.687. The largest absolute Gasteiger partial charge is 0.485 e. The van der Waals surface area contributed by atoms with Crippen LogP contribution < -0.4 is 4.74 Å². The molecule has 5 nitrogen and oxygen atoms in total. The normalized spacial score (nSPS) is 16.8. The molecule has 0 spiro atoms. The first-order chi connectivity index (χ1) is 15.9. The van der Waals surface area contributed by atoms with Gasteiger partial charge in [0, 0.05) is 18.5 Å². The fourth-order valence-corrected chi connectivity index (χ4v) is 4.62. The van der Waals surface area contributed by atoms with Crippen LogP contribution in [-0.4, -0.2) is 26.4 Å². The van der Waals surface area contributed by atoms with E-state index in [-0.39, 0.29) is 37.7 Å². The number of ketones is 1. The van der Waals surface area contributed by atoms with Gasteiger partial charge in [-0.25, -0.2) is 13.8 Å². The Morgan fingerprint density at radius 3 is 2.62 bits per heavy atom. The van der Waals surface area contributed by atoms with E-state index in [1.807, 2.05) is 24.3 Å². The zero-order valence-electron chi connectivity index (χ0n) is 18.0. The molecule has 0 unspecified atom stereocenters. The lowest BCUT2D eigenvalue weighted by Gasteiger charge is -2.15. The number of carbonyl (C=O) groups excluding carboxylic acids is 1. The number of ether oxygens (including phenoxy) is 1. The summed E-state index contributed by atoms with van der Waals surface area (Å²) in [6, 6.07) is 14.8. The summed E-state index contributed by atoms with van der Waals surface area (Å²) in [5.74, 6) is -1.48. The Bertz CT molecular complexity index is 1350. The predicted molar refractivity (Wildman–Crippen MR) is 125 cm³/mol. The molecule has 0 amide bonds. The SMILES string of the molecule is C.Cc1nc2c(OCc3c(F)cccc3F)cccn2c1C(=O)C[C@H]1c2ccccc2C[C@H]1O. The van der Waals surface area contributed by atoms with Gasteiger partial charge >= 0.3 is 0 Å². The van der Waals surface area contributed by atoms with E-state index in [1.165, 1.54) is 18.2 Å². The molecule has 1 N–H and O–H groups in total. The average molecular weight is 465 g/mol. The van der Waals surface area contributed by atoms with Gasteiger partial charge in [-0.3, -0.25) is 9.20 Å². The molecule has 1 aliphatic carbocycles. The maximum Gasteiger partial charge on any atom is 0.182 e. The van der Waals surface area contributed by atoms with Gasteiger partial charge in [-0.1, -0.05) is 37.8 Å². The van der Waals surface area contributed by atoms with Gasteiger partial charge in [-0.05, 0) is 48.7 Å². The fourth-order valence-electron chi connectivity index (χ4n) is 4.62. The molecule has 0 fully saturated rings. The number of carbonyl (C=O) groups is 1. The lowest BCUT2D eigenvalue weighted by atomic mass is 9.93. The molecule has 4 aromatic rings. The van der Waals surface area contributed by atoms with E-state index in [0.29, 0.717) is 29.2 Å². The van der Waals surface area contributed by atoms with Crippen LogP contribution in [0.5, 0.6) is 5.75 Å². The van der Waals surface area contributed by atoms with E-state index in [4.69, 9.17) is 4.74 Å². The number of Topliss-reactive ketones (excluding diaryl/α,β-unsaturated/α-hetero) is 1. The van der Waals surface area contributed by atoms with Crippen molar-refractivity contribution in [2.45, 2.75) is 45.8 Å². The number of aliphatic hydroxyl groups is 1. The number of fused-ring (bicyclic) bond motifs is 2. The molecule has 2 aromatic carbocycles. The maximum atomic E-state index is 14.0. The topological polar surface area (TPSA) is 63.8 Å². The van der Waals surface area contributed by atoms with E-state index < -0.39 is 17.7 Å². The molecular weight excluding hydrogens is 438 g/mol. The number of halogens is 2. The zero-order valence-corrected chi connectivity index (χ0v) is 18.0. The molecule has 0 bridgehead atoms. The Labute approximate surface area is 196 Å². The van der Waals surface area contributed by atoms with Gasteiger partial charge in [0.25, 0.3) is 0 Å².